The number of rotatable bonds is 6. The van der Waals surface area contributed by atoms with E-state index in [1.807, 2.05) is 24.3 Å². The number of nitrogens with zero attached hydrogens (tertiary/aromatic N) is 1. The summed E-state index contributed by atoms with van der Waals surface area (Å²) in [7, 11) is 3.39. The average Bonchev–Trinajstić information content (AvgIpc) is 2.68. The Bertz CT molecular complexity index is 772. The molecule has 6 heteroatoms. The summed E-state index contributed by atoms with van der Waals surface area (Å²) < 4.78 is 0. The van der Waals surface area contributed by atoms with E-state index in [0.717, 1.165) is 11.5 Å². The molecule has 0 aliphatic heterocycles. The monoisotopic (exact) mass is 370 g/mol. The molecule has 2 rings (SSSR count). The van der Waals surface area contributed by atoms with Gasteiger partial charge in [-0.05, 0) is 48.1 Å². The van der Waals surface area contributed by atoms with Gasteiger partial charge in [0.25, 0.3) is 5.91 Å². The SMILES string of the molecule is CN=C(NCc1ccc(C(=O)NC)cc1)NCc1ccc(C)cc1SC. The summed E-state index contributed by atoms with van der Waals surface area (Å²) in [5, 5.41) is 9.27. The maximum absolute atomic E-state index is 11.6. The minimum Gasteiger partial charge on any atom is -0.355 e. The van der Waals surface area contributed by atoms with E-state index in [1.165, 1.54) is 16.0 Å². The van der Waals surface area contributed by atoms with Gasteiger partial charge in [0.2, 0.25) is 0 Å². The quantitative estimate of drug-likeness (QED) is 0.416. The molecular formula is C20H26N4OS. The second-order valence-electron chi connectivity index (χ2n) is 5.87. The van der Waals surface area contributed by atoms with Crippen molar-refractivity contribution in [2.24, 2.45) is 4.99 Å². The molecule has 0 spiro atoms. The molecule has 0 aliphatic carbocycles. The molecule has 26 heavy (non-hydrogen) atoms. The van der Waals surface area contributed by atoms with E-state index in [2.05, 4.69) is 52.3 Å². The van der Waals surface area contributed by atoms with Crippen molar-refractivity contribution in [2.75, 3.05) is 20.4 Å². The average molecular weight is 371 g/mol. The number of carbonyl (C=O) groups is 1. The normalized spacial score (nSPS) is 11.2. The third-order valence-electron chi connectivity index (χ3n) is 4.02. The molecule has 0 saturated heterocycles. The lowest BCUT2D eigenvalue weighted by Gasteiger charge is -2.14. The maximum Gasteiger partial charge on any atom is 0.251 e. The first-order valence-electron chi connectivity index (χ1n) is 8.46. The fourth-order valence-electron chi connectivity index (χ4n) is 2.50. The molecule has 0 bridgehead atoms. The zero-order valence-electron chi connectivity index (χ0n) is 15.7. The van der Waals surface area contributed by atoms with Gasteiger partial charge in [-0.25, -0.2) is 0 Å². The molecule has 3 N–H and O–H groups in total. The number of hydrogen-bond acceptors (Lipinski definition) is 3. The lowest BCUT2D eigenvalue weighted by molar-refractivity contribution is 0.0963. The molecule has 0 heterocycles. The van der Waals surface area contributed by atoms with Crippen LogP contribution in [0.4, 0.5) is 0 Å². The summed E-state index contributed by atoms with van der Waals surface area (Å²) in [5.74, 6) is 0.665. The van der Waals surface area contributed by atoms with Gasteiger partial charge >= 0.3 is 0 Å². The van der Waals surface area contributed by atoms with Crippen LogP contribution < -0.4 is 16.0 Å². The summed E-state index contributed by atoms with van der Waals surface area (Å²) in [6.45, 7) is 3.45. The van der Waals surface area contributed by atoms with E-state index < -0.39 is 0 Å². The zero-order valence-corrected chi connectivity index (χ0v) is 16.5. The summed E-state index contributed by atoms with van der Waals surface area (Å²) in [4.78, 5) is 17.1. The first kappa shape index (κ1) is 19.8. The largest absolute Gasteiger partial charge is 0.355 e. The Balaban J connectivity index is 1.91. The predicted octanol–water partition coefficient (Wildman–Crippen LogP) is 2.94. The van der Waals surface area contributed by atoms with Crippen LogP contribution in [0, 0.1) is 6.92 Å². The minimum absolute atomic E-state index is 0.0790. The summed E-state index contributed by atoms with van der Waals surface area (Å²) in [6.07, 6.45) is 2.09. The zero-order chi connectivity index (χ0) is 18.9. The van der Waals surface area contributed by atoms with E-state index in [0.29, 0.717) is 18.7 Å². The molecule has 2 aromatic rings. The predicted molar refractivity (Wildman–Crippen MR) is 110 cm³/mol. The lowest BCUT2D eigenvalue weighted by atomic mass is 10.1. The standard InChI is InChI=1S/C20H26N4OS/c1-14-5-8-17(18(11-14)26-4)13-24-20(22-3)23-12-15-6-9-16(10-7-15)19(25)21-2/h5-11H,12-13H2,1-4H3,(H,21,25)(H2,22,23,24). The molecule has 1 amide bonds. The Morgan fingerprint density at radius 2 is 1.77 bits per heavy atom. The number of carbonyl (C=O) groups excluding carboxylic acids is 1. The fraction of sp³-hybridized carbons (Fsp3) is 0.300. The van der Waals surface area contributed by atoms with Gasteiger partial charge in [-0.2, -0.15) is 0 Å². The Morgan fingerprint density at radius 1 is 1.08 bits per heavy atom. The highest BCUT2D eigenvalue weighted by Crippen LogP contribution is 2.21. The van der Waals surface area contributed by atoms with Crippen molar-refractivity contribution in [3.8, 4) is 0 Å². The third-order valence-corrected chi connectivity index (χ3v) is 4.84. The molecule has 5 nitrogen and oxygen atoms in total. The number of thioether (sulfide) groups is 1. The molecule has 0 fully saturated rings. The summed E-state index contributed by atoms with van der Waals surface area (Å²) in [6, 6.07) is 14.0. The Morgan fingerprint density at radius 3 is 2.38 bits per heavy atom. The molecule has 2 aromatic carbocycles. The van der Waals surface area contributed by atoms with E-state index >= 15 is 0 Å². The molecule has 138 valence electrons. The van der Waals surface area contributed by atoms with Crippen LogP contribution in [-0.4, -0.2) is 32.2 Å². The van der Waals surface area contributed by atoms with Crippen LogP contribution in [0.5, 0.6) is 0 Å². The van der Waals surface area contributed by atoms with E-state index in [1.54, 1.807) is 25.9 Å². The van der Waals surface area contributed by atoms with Gasteiger partial charge in [0.1, 0.15) is 0 Å². The van der Waals surface area contributed by atoms with Gasteiger partial charge in [-0.1, -0.05) is 24.3 Å². The van der Waals surface area contributed by atoms with Crippen LogP contribution in [-0.2, 0) is 13.1 Å². The smallest absolute Gasteiger partial charge is 0.251 e. The number of amides is 1. The van der Waals surface area contributed by atoms with Crippen LogP contribution >= 0.6 is 11.8 Å². The van der Waals surface area contributed by atoms with Gasteiger partial charge < -0.3 is 16.0 Å². The van der Waals surface area contributed by atoms with Crippen molar-refractivity contribution in [1.82, 2.24) is 16.0 Å². The maximum atomic E-state index is 11.6. The van der Waals surface area contributed by atoms with Crippen LogP contribution in [0.2, 0.25) is 0 Å². The van der Waals surface area contributed by atoms with Crippen molar-refractivity contribution in [3.05, 3.63) is 64.7 Å². The van der Waals surface area contributed by atoms with Gasteiger partial charge in [0.05, 0.1) is 0 Å². The number of aliphatic imine (C=N–C) groups is 1. The first-order chi connectivity index (χ1) is 12.6. The molecule has 0 radical (unpaired) electrons. The molecule has 0 aliphatic rings. The Kier molecular flexibility index (Phi) is 7.53. The van der Waals surface area contributed by atoms with Crippen molar-refractivity contribution >= 4 is 23.6 Å². The number of benzene rings is 2. The second-order valence-corrected chi connectivity index (χ2v) is 6.72. The van der Waals surface area contributed by atoms with Crippen molar-refractivity contribution < 1.29 is 4.79 Å². The third kappa shape index (κ3) is 5.52. The van der Waals surface area contributed by atoms with Gasteiger partial charge in [-0.15, -0.1) is 11.8 Å². The number of hydrogen-bond donors (Lipinski definition) is 3. The number of aryl methyl sites for hydroxylation is 1. The van der Waals surface area contributed by atoms with Crippen molar-refractivity contribution in [3.63, 3.8) is 0 Å². The van der Waals surface area contributed by atoms with E-state index in [-0.39, 0.29) is 5.91 Å². The minimum atomic E-state index is -0.0790. The highest BCUT2D eigenvalue weighted by Gasteiger charge is 2.05. The van der Waals surface area contributed by atoms with Crippen molar-refractivity contribution in [2.45, 2.75) is 24.9 Å². The molecular weight excluding hydrogens is 344 g/mol. The van der Waals surface area contributed by atoms with Crippen molar-refractivity contribution in [1.29, 1.82) is 0 Å². The fourth-order valence-corrected chi connectivity index (χ4v) is 3.21. The lowest BCUT2D eigenvalue weighted by Crippen LogP contribution is -2.36. The molecule has 0 unspecified atom stereocenters. The molecule has 0 atom stereocenters. The highest BCUT2D eigenvalue weighted by molar-refractivity contribution is 7.98. The van der Waals surface area contributed by atoms with Crippen LogP contribution in [0.1, 0.15) is 27.0 Å². The van der Waals surface area contributed by atoms with Crippen LogP contribution in [0.3, 0.4) is 0 Å². The van der Waals surface area contributed by atoms with Crippen LogP contribution in [0.25, 0.3) is 0 Å². The first-order valence-corrected chi connectivity index (χ1v) is 9.69. The summed E-state index contributed by atoms with van der Waals surface area (Å²) in [5.41, 5.74) is 4.25. The highest BCUT2D eigenvalue weighted by atomic mass is 32.2. The van der Waals surface area contributed by atoms with Gasteiger partial charge in [0, 0.05) is 37.6 Å². The van der Waals surface area contributed by atoms with Crippen LogP contribution in [0.15, 0.2) is 52.4 Å². The Labute approximate surface area is 159 Å². The Hall–Kier alpha value is -2.47. The molecule has 0 saturated carbocycles. The number of guanidine groups is 1. The van der Waals surface area contributed by atoms with E-state index in [9.17, 15) is 4.79 Å². The number of nitrogens with one attached hydrogen (secondary N) is 3. The van der Waals surface area contributed by atoms with E-state index in [4.69, 9.17) is 0 Å². The topological polar surface area (TPSA) is 65.5 Å². The van der Waals surface area contributed by atoms with Gasteiger partial charge in [-0.3, -0.25) is 9.79 Å². The molecule has 0 aromatic heterocycles. The summed E-state index contributed by atoms with van der Waals surface area (Å²) >= 11 is 1.75. The van der Waals surface area contributed by atoms with Gasteiger partial charge in [0.15, 0.2) is 5.96 Å². The second kappa shape index (κ2) is 9.87.